The van der Waals surface area contributed by atoms with Crippen LogP contribution in [-0.2, 0) is 10.2 Å². The number of aromatic nitrogens is 1. The van der Waals surface area contributed by atoms with Crippen molar-refractivity contribution in [3.63, 3.8) is 0 Å². The second-order valence-corrected chi connectivity index (χ2v) is 6.69. The van der Waals surface area contributed by atoms with Crippen molar-refractivity contribution in [3.05, 3.63) is 65.7 Å². The Kier molecular flexibility index (Phi) is 5.83. The SMILES string of the molecule is COC(CNC(=O)NCC1(c2ccccn2)CCC1)c1ccc(F)cc1. The summed E-state index contributed by atoms with van der Waals surface area (Å²) in [5.74, 6) is -0.297. The first-order chi connectivity index (χ1) is 12.6. The van der Waals surface area contributed by atoms with E-state index in [-0.39, 0.29) is 23.4 Å². The number of ether oxygens (including phenoxy) is 1. The van der Waals surface area contributed by atoms with E-state index < -0.39 is 0 Å². The minimum absolute atomic E-state index is 0.0593. The Morgan fingerprint density at radius 2 is 2.00 bits per heavy atom. The molecule has 1 saturated carbocycles. The normalized spacial score (nSPS) is 16.4. The van der Waals surface area contributed by atoms with E-state index in [0.29, 0.717) is 13.1 Å². The third-order valence-electron chi connectivity index (χ3n) is 5.08. The number of nitrogens with one attached hydrogen (secondary N) is 2. The molecule has 1 aliphatic carbocycles. The molecule has 0 aliphatic heterocycles. The first-order valence-corrected chi connectivity index (χ1v) is 8.84. The van der Waals surface area contributed by atoms with Gasteiger partial charge in [0.2, 0.25) is 0 Å². The second-order valence-electron chi connectivity index (χ2n) is 6.69. The standard InChI is InChI=1S/C20H24FN3O2/c1-26-17(15-6-8-16(21)9-7-15)13-23-19(25)24-14-20(10-4-11-20)18-5-2-3-12-22-18/h2-3,5-9,12,17H,4,10-11,13-14H2,1H3,(H2,23,24,25). The topological polar surface area (TPSA) is 63.2 Å². The van der Waals surface area contributed by atoms with E-state index >= 15 is 0 Å². The van der Waals surface area contributed by atoms with Crippen molar-refractivity contribution in [1.29, 1.82) is 0 Å². The average molecular weight is 357 g/mol. The molecular formula is C20H24FN3O2. The summed E-state index contributed by atoms with van der Waals surface area (Å²) in [5, 5.41) is 5.79. The van der Waals surface area contributed by atoms with Crippen molar-refractivity contribution >= 4 is 6.03 Å². The van der Waals surface area contributed by atoms with Gasteiger partial charge in [-0.15, -0.1) is 0 Å². The lowest BCUT2D eigenvalue weighted by molar-refractivity contribution is 0.103. The van der Waals surface area contributed by atoms with Gasteiger partial charge in [-0.3, -0.25) is 4.98 Å². The summed E-state index contributed by atoms with van der Waals surface area (Å²) in [6.07, 6.45) is 4.67. The Labute approximate surface area is 153 Å². The van der Waals surface area contributed by atoms with Crippen LogP contribution in [0.5, 0.6) is 0 Å². The maximum atomic E-state index is 13.0. The summed E-state index contributed by atoms with van der Waals surface area (Å²) in [6.45, 7) is 0.870. The Morgan fingerprint density at radius 1 is 1.23 bits per heavy atom. The highest BCUT2D eigenvalue weighted by Gasteiger charge is 2.40. The van der Waals surface area contributed by atoms with Gasteiger partial charge in [0.25, 0.3) is 0 Å². The zero-order chi connectivity index (χ0) is 18.4. The quantitative estimate of drug-likeness (QED) is 0.799. The highest BCUT2D eigenvalue weighted by Crippen LogP contribution is 2.42. The Bertz CT molecular complexity index is 718. The van der Waals surface area contributed by atoms with Gasteiger partial charge in [0, 0.05) is 37.5 Å². The van der Waals surface area contributed by atoms with Crippen LogP contribution in [0.3, 0.4) is 0 Å². The summed E-state index contributed by atoms with van der Waals surface area (Å²) >= 11 is 0. The molecule has 0 spiro atoms. The lowest BCUT2D eigenvalue weighted by Crippen LogP contribution is -2.49. The Morgan fingerprint density at radius 3 is 2.58 bits per heavy atom. The largest absolute Gasteiger partial charge is 0.375 e. The van der Waals surface area contributed by atoms with Crippen LogP contribution in [0.25, 0.3) is 0 Å². The van der Waals surface area contributed by atoms with E-state index in [9.17, 15) is 9.18 Å². The lowest BCUT2D eigenvalue weighted by atomic mass is 9.66. The summed E-state index contributed by atoms with van der Waals surface area (Å²) in [5.41, 5.74) is 1.79. The van der Waals surface area contributed by atoms with Gasteiger partial charge in [-0.05, 0) is 42.7 Å². The third-order valence-corrected chi connectivity index (χ3v) is 5.08. The van der Waals surface area contributed by atoms with E-state index in [4.69, 9.17) is 4.74 Å². The number of amides is 2. The molecule has 2 amide bonds. The lowest BCUT2D eigenvalue weighted by Gasteiger charge is -2.41. The van der Waals surface area contributed by atoms with Crippen LogP contribution < -0.4 is 10.6 Å². The van der Waals surface area contributed by atoms with E-state index in [0.717, 1.165) is 30.5 Å². The number of hydrogen-bond acceptors (Lipinski definition) is 3. The van der Waals surface area contributed by atoms with E-state index in [2.05, 4.69) is 15.6 Å². The number of carbonyl (C=O) groups excluding carboxylic acids is 1. The van der Waals surface area contributed by atoms with Gasteiger partial charge >= 0.3 is 6.03 Å². The highest BCUT2D eigenvalue weighted by molar-refractivity contribution is 5.74. The second kappa shape index (κ2) is 8.27. The molecule has 6 heteroatoms. The van der Waals surface area contributed by atoms with Gasteiger partial charge in [0.15, 0.2) is 0 Å². The van der Waals surface area contributed by atoms with Gasteiger partial charge in [-0.1, -0.05) is 24.6 Å². The van der Waals surface area contributed by atoms with Crippen LogP contribution in [-0.4, -0.2) is 31.2 Å². The van der Waals surface area contributed by atoms with Gasteiger partial charge in [0.05, 0.1) is 6.10 Å². The number of carbonyl (C=O) groups is 1. The molecule has 138 valence electrons. The Balaban J connectivity index is 1.51. The van der Waals surface area contributed by atoms with Crippen LogP contribution in [0.1, 0.15) is 36.6 Å². The van der Waals surface area contributed by atoms with Gasteiger partial charge in [0.1, 0.15) is 5.82 Å². The van der Waals surface area contributed by atoms with E-state index in [1.165, 1.54) is 12.1 Å². The molecule has 1 unspecified atom stereocenters. The fourth-order valence-corrected chi connectivity index (χ4v) is 3.32. The first kappa shape index (κ1) is 18.3. The van der Waals surface area contributed by atoms with Gasteiger partial charge in [-0.2, -0.15) is 0 Å². The summed E-state index contributed by atoms with van der Waals surface area (Å²) in [4.78, 5) is 16.7. The van der Waals surface area contributed by atoms with Gasteiger partial charge < -0.3 is 15.4 Å². The minimum Gasteiger partial charge on any atom is -0.375 e. The van der Waals surface area contributed by atoms with E-state index in [1.54, 1.807) is 25.4 Å². The van der Waals surface area contributed by atoms with Crippen LogP contribution in [0.15, 0.2) is 48.7 Å². The zero-order valence-electron chi connectivity index (χ0n) is 14.9. The molecule has 1 fully saturated rings. The molecule has 1 aromatic heterocycles. The van der Waals surface area contributed by atoms with Crippen molar-refractivity contribution in [2.45, 2.75) is 30.8 Å². The predicted molar refractivity (Wildman–Crippen MR) is 97.3 cm³/mol. The maximum Gasteiger partial charge on any atom is 0.314 e. The average Bonchev–Trinajstić information content (AvgIpc) is 2.63. The van der Waals surface area contributed by atoms with Crippen molar-refractivity contribution in [3.8, 4) is 0 Å². The molecule has 2 N–H and O–H groups in total. The number of hydrogen-bond donors (Lipinski definition) is 2. The summed E-state index contributed by atoms with van der Waals surface area (Å²) in [7, 11) is 1.57. The van der Waals surface area contributed by atoms with Crippen molar-refractivity contribution < 1.29 is 13.9 Å². The Hall–Kier alpha value is -2.47. The van der Waals surface area contributed by atoms with Crippen molar-refractivity contribution in [1.82, 2.24) is 15.6 Å². The number of urea groups is 1. The summed E-state index contributed by atoms with van der Waals surface area (Å²) in [6, 6.07) is 11.7. The zero-order valence-corrected chi connectivity index (χ0v) is 14.9. The molecule has 2 aromatic rings. The smallest absolute Gasteiger partial charge is 0.314 e. The number of pyridine rings is 1. The van der Waals surface area contributed by atoms with Crippen LogP contribution in [0, 0.1) is 5.82 Å². The molecule has 0 saturated heterocycles. The van der Waals surface area contributed by atoms with Crippen LogP contribution in [0.2, 0.25) is 0 Å². The molecule has 0 radical (unpaired) electrons. The number of methoxy groups -OCH3 is 1. The predicted octanol–water partition coefficient (Wildman–Crippen LogP) is 3.33. The van der Waals surface area contributed by atoms with Crippen molar-refractivity contribution in [2.75, 3.05) is 20.2 Å². The fraction of sp³-hybridized carbons (Fsp3) is 0.400. The number of rotatable bonds is 7. The molecule has 1 heterocycles. The maximum absolute atomic E-state index is 13.0. The van der Waals surface area contributed by atoms with Crippen molar-refractivity contribution in [2.24, 2.45) is 0 Å². The molecule has 5 nitrogen and oxygen atoms in total. The molecule has 3 rings (SSSR count). The number of halogens is 1. The molecule has 0 bridgehead atoms. The minimum atomic E-state index is -0.324. The molecule has 1 aliphatic rings. The number of benzene rings is 1. The molecule has 26 heavy (non-hydrogen) atoms. The van der Waals surface area contributed by atoms with Gasteiger partial charge in [-0.25, -0.2) is 9.18 Å². The van der Waals surface area contributed by atoms with Crippen LogP contribution >= 0.6 is 0 Å². The third kappa shape index (κ3) is 4.19. The fourth-order valence-electron chi connectivity index (χ4n) is 3.32. The molecular weight excluding hydrogens is 333 g/mol. The first-order valence-electron chi connectivity index (χ1n) is 8.84. The highest BCUT2D eigenvalue weighted by atomic mass is 19.1. The molecule has 1 atom stereocenters. The van der Waals surface area contributed by atoms with E-state index in [1.807, 2.05) is 18.2 Å². The summed E-state index contributed by atoms with van der Waals surface area (Å²) < 4.78 is 18.4. The number of nitrogens with zero attached hydrogens (tertiary/aromatic N) is 1. The monoisotopic (exact) mass is 357 g/mol. The van der Waals surface area contributed by atoms with Crippen LogP contribution in [0.4, 0.5) is 9.18 Å². The molecule has 1 aromatic carbocycles.